The zero-order valence-corrected chi connectivity index (χ0v) is 11.3. The van der Waals surface area contributed by atoms with Gasteiger partial charge in [0.25, 0.3) is 5.91 Å². The number of methoxy groups -OCH3 is 1. The van der Waals surface area contributed by atoms with Crippen LogP contribution in [0.25, 0.3) is 0 Å². The molecule has 2 heterocycles. The number of primary amides is 1. The lowest BCUT2D eigenvalue weighted by atomic mass is 9.94. The predicted molar refractivity (Wildman–Crippen MR) is 74.0 cm³/mol. The Morgan fingerprint density at radius 3 is 2.95 bits per heavy atom. The molecule has 1 amide bonds. The zero-order valence-electron chi connectivity index (χ0n) is 11.3. The van der Waals surface area contributed by atoms with E-state index in [0.29, 0.717) is 17.1 Å². The first kappa shape index (κ1) is 13.6. The van der Waals surface area contributed by atoms with Crippen molar-refractivity contribution >= 4 is 17.4 Å². The molecular weight excluding hydrogens is 244 g/mol. The minimum absolute atomic E-state index is 0.186. The van der Waals surface area contributed by atoms with Crippen LogP contribution in [0.5, 0.6) is 0 Å². The Hall–Kier alpha value is -1.82. The molecule has 1 aliphatic rings. The minimum Gasteiger partial charge on any atom is -0.397 e. The zero-order chi connectivity index (χ0) is 14.0. The van der Waals surface area contributed by atoms with Crippen LogP contribution >= 0.6 is 0 Å². The van der Waals surface area contributed by atoms with Crippen LogP contribution in [0, 0.1) is 0 Å². The van der Waals surface area contributed by atoms with Crippen molar-refractivity contribution in [2.24, 2.45) is 5.73 Å². The van der Waals surface area contributed by atoms with Crippen LogP contribution in [0.4, 0.5) is 11.5 Å². The average Bonchev–Trinajstić information content (AvgIpc) is 2.39. The third kappa shape index (κ3) is 2.78. The first-order valence-corrected chi connectivity index (χ1v) is 6.30. The topological polar surface area (TPSA) is 94.5 Å². The maximum Gasteiger partial charge on any atom is 0.250 e. The van der Waals surface area contributed by atoms with Crippen LogP contribution < -0.4 is 16.4 Å². The molecule has 0 aliphatic carbocycles. The van der Waals surface area contributed by atoms with Gasteiger partial charge in [-0.1, -0.05) is 0 Å². The van der Waals surface area contributed by atoms with Gasteiger partial charge in [0.15, 0.2) is 0 Å². The molecule has 1 unspecified atom stereocenters. The highest BCUT2D eigenvalue weighted by Gasteiger charge is 2.31. The number of anilines is 2. The molecule has 0 spiro atoms. The molecule has 0 radical (unpaired) electrons. The fourth-order valence-corrected chi connectivity index (χ4v) is 2.41. The van der Waals surface area contributed by atoms with Crippen LogP contribution in [0.1, 0.15) is 30.1 Å². The number of aromatic nitrogens is 1. The Labute approximate surface area is 112 Å². The van der Waals surface area contributed by atoms with E-state index in [-0.39, 0.29) is 5.60 Å². The first-order chi connectivity index (χ1) is 8.95. The summed E-state index contributed by atoms with van der Waals surface area (Å²) in [4.78, 5) is 17.7. The smallest absolute Gasteiger partial charge is 0.250 e. The molecule has 2 rings (SSSR count). The average molecular weight is 264 g/mol. The van der Waals surface area contributed by atoms with Crippen LogP contribution in [-0.4, -0.2) is 36.7 Å². The third-order valence-electron chi connectivity index (χ3n) is 3.66. The van der Waals surface area contributed by atoms with E-state index < -0.39 is 5.91 Å². The van der Waals surface area contributed by atoms with Crippen LogP contribution in [0.15, 0.2) is 12.3 Å². The maximum atomic E-state index is 11.3. The van der Waals surface area contributed by atoms with Gasteiger partial charge in [-0.3, -0.25) is 4.79 Å². The number of hydrogen-bond donors (Lipinski definition) is 2. The maximum absolute atomic E-state index is 11.3. The lowest BCUT2D eigenvalue weighted by molar-refractivity contribution is -0.00481. The molecule has 6 nitrogen and oxygen atoms in total. The Morgan fingerprint density at radius 1 is 1.58 bits per heavy atom. The van der Waals surface area contributed by atoms with Crippen molar-refractivity contribution in [1.29, 1.82) is 0 Å². The largest absolute Gasteiger partial charge is 0.397 e. The van der Waals surface area contributed by atoms with E-state index in [9.17, 15) is 4.79 Å². The lowest BCUT2D eigenvalue weighted by Crippen LogP contribution is -2.47. The van der Waals surface area contributed by atoms with Gasteiger partial charge in [0, 0.05) is 20.2 Å². The van der Waals surface area contributed by atoms with Gasteiger partial charge >= 0.3 is 0 Å². The fraction of sp³-hybridized carbons (Fsp3) is 0.538. The monoisotopic (exact) mass is 264 g/mol. The summed E-state index contributed by atoms with van der Waals surface area (Å²) in [5, 5.41) is 0. The standard InChI is InChI=1S/C13H20N4O2/c1-13(19-2)4-3-5-17(8-13)11-6-9(12(15)18)10(14)7-16-11/h6-7H,3-5,8,14H2,1-2H3,(H2,15,18). The van der Waals surface area contributed by atoms with E-state index in [2.05, 4.69) is 16.8 Å². The second kappa shape index (κ2) is 5.05. The van der Waals surface area contributed by atoms with Gasteiger partial charge < -0.3 is 21.1 Å². The molecule has 6 heteroatoms. The molecule has 1 atom stereocenters. The molecule has 1 aliphatic heterocycles. The van der Waals surface area contributed by atoms with Crippen molar-refractivity contribution in [3.05, 3.63) is 17.8 Å². The highest BCUT2D eigenvalue weighted by molar-refractivity contribution is 5.98. The summed E-state index contributed by atoms with van der Waals surface area (Å²) in [6.07, 6.45) is 3.51. The van der Waals surface area contributed by atoms with Crippen LogP contribution in [0.2, 0.25) is 0 Å². The van der Waals surface area contributed by atoms with Gasteiger partial charge in [0.1, 0.15) is 5.82 Å². The number of amides is 1. The molecule has 4 N–H and O–H groups in total. The predicted octanol–water partition coefficient (Wildman–Crippen LogP) is 0.768. The van der Waals surface area contributed by atoms with Gasteiger partial charge in [-0.15, -0.1) is 0 Å². The number of ether oxygens (including phenoxy) is 1. The number of nitrogens with two attached hydrogens (primary N) is 2. The normalized spacial score (nSPS) is 23.4. The summed E-state index contributed by atoms with van der Waals surface area (Å²) in [5.41, 5.74) is 11.4. The second-order valence-electron chi connectivity index (χ2n) is 5.17. The number of piperidine rings is 1. The summed E-state index contributed by atoms with van der Waals surface area (Å²) in [6.45, 7) is 3.69. The van der Waals surface area contributed by atoms with Gasteiger partial charge in [0.2, 0.25) is 0 Å². The Kier molecular flexibility index (Phi) is 3.61. The molecule has 1 aromatic rings. The van der Waals surface area contributed by atoms with Gasteiger partial charge in [-0.2, -0.15) is 0 Å². The van der Waals surface area contributed by atoms with Gasteiger partial charge in [0.05, 0.1) is 23.0 Å². The van der Waals surface area contributed by atoms with Gasteiger partial charge in [-0.25, -0.2) is 4.98 Å². The van der Waals surface area contributed by atoms with Crippen LogP contribution in [0.3, 0.4) is 0 Å². The number of pyridine rings is 1. The van der Waals surface area contributed by atoms with Crippen molar-refractivity contribution in [2.75, 3.05) is 30.8 Å². The number of rotatable bonds is 3. The van der Waals surface area contributed by atoms with Crippen molar-refractivity contribution in [1.82, 2.24) is 4.98 Å². The molecule has 1 fully saturated rings. The van der Waals surface area contributed by atoms with E-state index in [1.165, 1.54) is 6.20 Å². The molecule has 104 valence electrons. The van der Waals surface area contributed by atoms with Crippen molar-refractivity contribution in [3.8, 4) is 0 Å². The summed E-state index contributed by atoms with van der Waals surface area (Å²) >= 11 is 0. The first-order valence-electron chi connectivity index (χ1n) is 6.30. The highest BCUT2D eigenvalue weighted by Crippen LogP contribution is 2.28. The third-order valence-corrected chi connectivity index (χ3v) is 3.66. The quantitative estimate of drug-likeness (QED) is 0.840. The highest BCUT2D eigenvalue weighted by atomic mass is 16.5. The van der Waals surface area contributed by atoms with E-state index in [0.717, 1.165) is 25.9 Å². The SMILES string of the molecule is COC1(C)CCCN(c2cc(C(N)=O)c(N)cn2)C1. The van der Waals surface area contributed by atoms with E-state index in [1.807, 2.05) is 0 Å². The van der Waals surface area contributed by atoms with Gasteiger partial charge in [-0.05, 0) is 25.8 Å². The summed E-state index contributed by atoms with van der Waals surface area (Å²) < 4.78 is 5.55. The molecule has 1 saturated heterocycles. The Morgan fingerprint density at radius 2 is 2.32 bits per heavy atom. The molecular formula is C13H20N4O2. The number of hydrogen-bond acceptors (Lipinski definition) is 5. The molecule has 1 aromatic heterocycles. The number of carbonyl (C=O) groups is 1. The number of nitrogen functional groups attached to an aromatic ring is 1. The molecule has 0 saturated carbocycles. The fourth-order valence-electron chi connectivity index (χ4n) is 2.41. The van der Waals surface area contributed by atoms with Crippen LogP contribution in [-0.2, 0) is 4.74 Å². The number of nitrogens with zero attached hydrogens (tertiary/aromatic N) is 2. The Balaban J connectivity index is 2.27. The molecule has 0 bridgehead atoms. The molecule has 0 aromatic carbocycles. The second-order valence-corrected chi connectivity index (χ2v) is 5.17. The van der Waals surface area contributed by atoms with Crippen molar-refractivity contribution in [3.63, 3.8) is 0 Å². The Bertz CT molecular complexity index is 492. The minimum atomic E-state index is -0.535. The molecule has 19 heavy (non-hydrogen) atoms. The van der Waals surface area contributed by atoms with E-state index in [1.54, 1.807) is 13.2 Å². The van der Waals surface area contributed by atoms with Crippen molar-refractivity contribution in [2.45, 2.75) is 25.4 Å². The summed E-state index contributed by atoms with van der Waals surface area (Å²) in [5.74, 6) is 0.179. The van der Waals surface area contributed by atoms with E-state index >= 15 is 0 Å². The number of carbonyl (C=O) groups excluding carboxylic acids is 1. The van der Waals surface area contributed by atoms with Crippen molar-refractivity contribution < 1.29 is 9.53 Å². The summed E-state index contributed by atoms with van der Waals surface area (Å²) in [6, 6.07) is 1.65. The summed E-state index contributed by atoms with van der Waals surface area (Å²) in [7, 11) is 1.72. The lowest BCUT2D eigenvalue weighted by Gasteiger charge is -2.40. The van der Waals surface area contributed by atoms with E-state index in [4.69, 9.17) is 16.2 Å².